The van der Waals surface area contributed by atoms with E-state index < -0.39 is 29.4 Å². The van der Waals surface area contributed by atoms with Crippen molar-refractivity contribution < 1.29 is 23.9 Å². The van der Waals surface area contributed by atoms with Crippen LogP contribution < -0.4 is 20.4 Å². The standard InChI is InChI=1S/C37H38N4O5/c1-25-18-19-31-32(20-25)41(23-33(42)37(2,3)4)34(43)30(22-40(31)29-16-9-6-10-17-29)39-36(45)38-28-15-11-14-27(21-28)35(44)46-24-26-12-7-5-8-13-26/h5-21,30H,22-24H2,1-4H3,(H2,38,39,45). The van der Waals surface area contributed by atoms with Crippen molar-refractivity contribution in [3.05, 3.63) is 120 Å². The first-order valence-electron chi connectivity index (χ1n) is 15.2. The zero-order valence-corrected chi connectivity index (χ0v) is 26.4. The molecule has 0 spiro atoms. The molecule has 1 atom stereocenters. The van der Waals surface area contributed by atoms with Crippen molar-refractivity contribution in [1.29, 1.82) is 0 Å². The van der Waals surface area contributed by atoms with Gasteiger partial charge in [0.15, 0.2) is 5.78 Å². The number of amides is 3. The Morgan fingerprint density at radius 3 is 2.24 bits per heavy atom. The number of fused-ring (bicyclic) bond motifs is 1. The molecule has 2 N–H and O–H groups in total. The van der Waals surface area contributed by atoms with Gasteiger partial charge < -0.3 is 25.2 Å². The average molecular weight is 619 g/mol. The third-order valence-electron chi connectivity index (χ3n) is 7.72. The quantitative estimate of drug-likeness (QED) is 0.214. The summed E-state index contributed by atoms with van der Waals surface area (Å²) in [5.41, 5.74) is 3.91. The first kappa shape index (κ1) is 32.0. The molecule has 1 aliphatic rings. The number of hydrogen-bond acceptors (Lipinski definition) is 6. The van der Waals surface area contributed by atoms with Crippen LogP contribution in [-0.2, 0) is 20.9 Å². The number of para-hydroxylation sites is 1. The molecule has 236 valence electrons. The summed E-state index contributed by atoms with van der Waals surface area (Å²) in [5, 5.41) is 5.58. The molecule has 4 aromatic rings. The number of benzene rings is 4. The Morgan fingerprint density at radius 2 is 1.54 bits per heavy atom. The minimum atomic E-state index is -1.01. The predicted octanol–water partition coefficient (Wildman–Crippen LogP) is 6.64. The highest BCUT2D eigenvalue weighted by atomic mass is 16.5. The second-order valence-electron chi connectivity index (χ2n) is 12.3. The van der Waals surface area contributed by atoms with E-state index in [0.29, 0.717) is 11.4 Å². The van der Waals surface area contributed by atoms with Gasteiger partial charge in [-0.15, -0.1) is 0 Å². The van der Waals surface area contributed by atoms with Gasteiger partial charge in [-0.1, -0.05) is 81.4 Å². The van der Waals surface area contributed by atoms with Crippen molar-refractivity contribution in [3.8, 4) is 0 Å². The lowest BCUT2D eigenvalue weighted by Gasteiger charge is -2.28. The van der Waals surface area contributed by atoms with E-state index in [4.69, 9.17) is 4.74 Å². The smallest absolute Gasteiger partial charge is 0.338 e. The first-order chi connectivity index (χ1) is 22.0. The Hall–Kier alpha value is -5.44. The summed E-state index contributed by atoms with van der Waals surface area (Å²) in [4.78, 5) is 57.1. The van der Waals surface area contributed by atoms with Gasteiger partial charge in [-0.3, -0.25) is 9.59 Å². The number of carbonyl (C=O) groups is 4. The van der Waals surface area contributed by atoms with E-state index in [2.05, 4.69) is 10.6 Å². The monoisotopic (exact) mass is 618 g/mol. The van der Waals surface area contributed by atoms with Crippen LogP contribution in [0.3, 0.4) is 0 Å². The highest BCUT2D eigenvalue weighted by Gasteiger charge is 2.37. The number of anilines is 4. The Morgan fingerprint density at radius 1 is 0.848 bits per heavy atom. The van der Waals surface area contributed by atoms with Gasteiger partial charge in [0.05, 0.1) is 30.0 Å². The fraction of sp³-hybridized carbons (Fsp3) is 0.243. The van der Waals surface area contributed by atoms with Crippen LogP contribution in [0.25, 0.3) is 0 Å². The average Bonchev–Trinajstić information content (AvgIpc) is 3.14. The third kappa shape index (κ3) is 7.61. The maximum absolute atomic E-state index is 14.2. The molecular formula is C37H38N4O5. The van der Waals surface area contributed by atoms with Crippen LogP contribution >= 0.6 is 0 Å². The van der Waals surface area contributed by atoms with E-state index in [-0.39, 0.29) is 31.0 Å². The van der Waals surface area contributed by atoms with Crippen LogP contribution in [0.15, 0.2) is 103 Å². The molecule has 0 bridgehead atoms. The van der Waals surface area contributed by atoms with Crippen LogP contribution in [0.4, 0.5) is 27.5 Å². The summed E-state index contributed by atoms with van der Waals surface area (Å²) in [5.74, 6) is -1.05. The number of rotatable bonds is 8. The van der Waals surface area contributed by atoms with Crippen molar-refractivity contribution in [3.63, 3.8) is 0 Å². The molecule has 5 rings (SSSR count). The number of ketones is 1. The summed E-state index contributed by atoms with van der Waals surface area (Å²) in [6, 6.07) is 29.5. The number of carbonyl (C=O) groups excluding carboxylic acids is 4. The number of Topliss-reactive ketones (excluding diaryl/α,β-unsaturated/α-hetero) is 1. The van der Waals surface area contributed by atoms with Gasteiger partial charge in [-0.2, -0.15) is 0 Å². The van der Waals surface area contributed by atoms with Crippen molar-refractivity contribution in [2.45, 2.75) is 40.3 Å². The fourth-order valence-electron chi connectivity index (χ4n) is 5.10. The number of nitrogens with zero attached hydrogens (tertiary/aromatic N) is 2. The van der Waals surface area contributed by atoms with Gasteiger partial charge >= 0.3 is 12.0 Å². The van der Waals surface area contributed by atoms with Crippen LogP contribution in [0.5, 0.6) is 0 Å². The molecule has 0 aliphatic carbocycles. The molecule has 3 amide bonds. The molecule has 0 saturated carbocycles. The van der Waals surface area contributed by atoms with Crippen molar-refractivity contribution >= 4 is 46.4 Å². The van der Waals surface area contributed by atoms with Crippen molar-refractivity contribution in [2.75, 3.05) is 28.2 Å². The van der Waals surface area contributed by atoms with E-state index >= 15 is 0 Å². The topological polar surface area (TPSA) is 108 Å². The normalized spacial score (nSPS) is 14.6. The molecule has 0 saturated heterocycles. The van der Waals surface area contributed by atoms with E-state index in [1.54, 1.807) is 18.2 Å². The second-order valence-corrected chi connectivity index (χ2v) is 12.3. The molecule has 0 radical (unpaired) electrons. The van der Waals surface area contributed by atoms with E-state index in [1.165, 1.54) is 11.0 Å². The van der Waals surface area contributed by atoms with Gasteiger partial charge in [0.25, 0.3) is 5.91 Å². The Kier molecular flexibility index (Phi) is 9.51. The van der Waals surface area contributed by atoms with Gasteiger partial charge in [-0.05, 0) is 60.5 Å². The van der Waals surface area contributed by atoms with Crippen LogP contribution in [-0.4, -0.2) is 42.8 Å². The summed E-state index contributed by atoms with van der Waals surface area (Å²) in [7, 11) is 0. The summed E-state index contributed by atoms with van der Waals surface area (Å²) in [6.07, 6.45) is 0. The molecular weight excluding hydrogens is 580 g/mol. The zero-order valence-electron chi connectivity index (χ0n) is 26.4. The minimum absolute atomic E-state index is 0.111. The van der Waals surface area contributed by atoms with Gasteiger partial charge in [0, 0.05) is 16.8 Å². The van der Waals surface area contributed by atoms with E-state index in [9.17, 15) is 19.2 Å². The number of esters is 1. The molecule has 0 fully saturated rings. The Bertz CT molecular complexity index is 1730. The Labute approximate surface area is 269 Å². The highest BCUT2D eigenvalue weighted by molar-refractivity contribution is 6.08. The largest absolute Gasteiger partial charge is 0.457 e. The lowest BCUT2D eigenvalue weighted by molar-refractivity contribution is -0.127. The highest BCUT2D eigenvalue weighted by Crippen LogP contribution is 2.38. The number of urea groups is 1. The number of nitrogens with one attached hydrogen (secondary N) is 2. The van der Waals surface area contributed by atoms with Gasteiger partial charge in [0.1, 0.15) is 12.6 Å². The van der Waals surface area contributed by atoms with E-state index in [1.807, 2.05) is 111 Å². The predicted molar refractivity (Wildman–Crippen MR) is 179 cm³/mol. The zero-order chi connectivity index (χ0) is 32.8. The number of ether oxygens (including phenoxy) is 1. The molecule has 4 aromatic carbocycles. The fourth-order valence-corrected chi connectivity index (χ4v) is 5.10. The van der Waals surface area contributed by atoms with Crippen molar-refractivity contribution in [2.24, 2.45) is 5.41 Å². The summed E-state index contributed by atoms with van der Waals surface area (Å²) >= 11 is 0. The minimum Gasteiger partial charge on any atom is -0.457 e. The lowest BCUT2D eigenvalue weighted by Crippen LogP contribution is -2.54. The number of aryl methyl sites for hydroxylation is 1. The summed E-state index contributed by atoms with van der Waals surface area (Å²) < 4.78 is 5.43. The molecule has 9 nitrogen and oxygen atoms in total. The second kappa shape index (κ2) is 13.7. The maximum Gasteiger partial charge on any atom is 0.338 e. The maximum atomic E-state index is 14.2. The molecule has 1 unspecified atom stereocenters. The molecule has 1 heterocycles. The van der Waals surface area contributed by atoms with E-state index in [0.717, 1.165) is 22.5 Å². The molecule has 0 aromatic heterocycles. The first-order valence-corrected chi connectivity index (χ1v) is 15.2. The van der Waals surface area contributed by atoms with Gasteiger partial charge in [0.2, 0.25) is 0 Å². The van der Waals surface area contributed by atoms with Crippen LogP contribution in [0.2, 0.25) is 0 Å². The van der Waals surface area contributed by atoms with Crippen LogP contribution in [0.1, 0.15) is 42.3 Å². The molecule has 9 heteroatoms. The third-order valence-corrected chi connectivity index (χ3v) is 7.72. The number of hydrogen-bond donors (Lipinski definition) is 2. The molecule has 46 heavy (non-hydrogen) atoms. The summed E-state index contributed by atoms with van der Waals surface area (Å²) in [6.45, 7) is 7.49. The molecule has 1 aliphatic heterocycles. The lowest BCUT2D eigenvalue weighted by atomic mass is 9.90. The Balaban J connectivity index is 1.39. The van der Waals surface area contributed by atoms with Crippen LogP contribution in [0, 0.1) is 12.3 Å². The SMILES string of the molecule is Cc1ccc2c(c1)N(CC(=O)C(C)(C)C)C(=O)C(NC(=O)Nc1cccc(C(=O)OCc3ccccc3)c1)CN2c1ccccc1. The van der Waals surface area contributed by atoms with Gasteiger partial charge in [-0.25, -0.2) is 9.59 Å². The van der Waals surface area contributed by atoms with Crippen molar-refractivity contribution in [1.82, 2.24) is 5.32 Å².